The Labute approximate surface area is 412 Å². The van der Waals surface area contributed by atoms with Gasteiger partial charge in [-0.1, -0.05) is 257 Å². The quantitative estimate of drug-likeness (QED) is 0.140. The molecule has 0 saturated heterocycles. The largest absolute Gasteiger partial charge is 0.309 e. The summed E-state index contributed by atoms with van der Waals surface area (Å²) in [6.45, 7) is 6.92. The fraction of sp³-hybridized carbons (Fsp3) is 0.0725. The standard InChI is InChI=1S/C69H53N/c1-68(2,3)55-41-45-57(49-22-8-4-9-23-49)66(47-55)70(65-37-19-17-33-61(65)62-35-21-27-51-26-20-34-58(67(51)62)50-24-10-5-11-25-50)56-42-38-48(39-43-56)52-40-44-60-59-32-16-18-36-63(59)69(64(60)46-52,53-28-12-6-13-29-53)54-30-14-7-15-31-54/h4-47H,1-3H3. The fourth-order valence-corrected chi connectivity index (χ4v) is 11.2. The summed E-state index contributed by atoms with van der Waals surface area (Å²) in [5.41, 5.74) is 21.3. The Bertz CT molecular complexity index is 3620. The van der Waals surface area contributed by atoms with Crippen LogP contribution >= 0.6 is 0 Å². The van der Waals surface area contributed by atoms with Gasteiger partial charge in [0.05, 0.1) is 16.8 Å². The number of anilines is 3. The summed E-state index contributed by atoms with van der Waals surface area (Å²) in [5.74, 6) is 0. The minimum atomic E-state index is -0.473. The molecule has 0 amide bonds. The van der Waals surface area contributed by atoms with Crippen molar-refractivity contribution in [3.63, 3.8) is 0 Å². The van der Waals surface area contributed by atoms with Gasteiger partial charge in [-0.25, -0.2) is 0 Å². The highest BCUT2D eigenvalue weighted by Gasteiger charge is 2.46. The number of fused-ring (bicyclic) bond motifs is 4. The van der Waals surface area contributed by atoms with Gasteiger partial charge in [0, 0.05) is 16.8 Å². The summed E-state index contributed by atoms with van der Waals surface area (Å²) in [4.78, 5) is 2.51. The van der Waals surface area contributed by atoms with E-state index in [0.29, 0.717) is 0 Å². The first-order valence-electron chi connectivity index (χ1n) is 24.5. The van der Waals surface area contributed by atoms with Crippen LogP contribution in [0.1, 0.15) is 48.6 Å². The molecule has 11 aromatic carbocycles. The first kappa shape index (κ1) is 42.8. The molecule has 12 rings (SSSR count). The molecule has 0 bridgehead atoms. The van der Waals surface area contributed by atoms with Crippen molar-refractivity contribution >= 4 is 27.8 Å². The third-order valence-corrected chi connectivity index (χ3v) is 14.5. The van der Waals surface area contributed by atoms with Gasteiger partial charge in [0.1, 0.15) is 0 Å². The van der Waals surface area contributed by atoms with Crippen molar-refractivity contribution in [3.8, 4) is 55.6 Å². The first-order valence-corrected chi connectivity index (χ1v) is 24.5. The molecule has 1 nitrogen and oxygen atoms in total. The molecular formula is C69H53N. The van der Waals surface area contributed by atoms with Gasteiger partial charge in [-0.05, 0) is 119 Å². The van der Waals surface area contributed by atoms with Crippen molar-refractivity contribution in [2.24, 2.45) is 0 Å². The van der Waals surface area contributed by atoms with E-state index in [9.17, 15) is 0 Å². The molecule has 0 fully saturated rings. The maximum absolute atomic E-state index is 2.51. The molecule has 0 atom stereocenters. The highest BCUT2D eigenvalue weighted by atomic mass is 15.1. The molecule has 0 spiro atoms. The zero-order valence-corrected chi connectivity index (χ0v) is 39.9. The van der Waals surface area contributed by atoms with Crippen molar-refractivity contribution in [2.45, 2.75) is 31.6 Å². The van der Waals surface area contributed by atoms with Crippen LogP contribution < -0.4 is 4.90 Å². The second kappa shape index (κ2) is 17.5. The Hall–Kier alpha value is -8.52. The molecule has 1 aliphatic rings. The zero-order valence-electron chi connectivity index (χ0n) is 39.9. The molecule has 70 heavy (non-hydrogen) atoms. The van der Waals surface area contributed by atoms with Gasteiger partial charge in [0.25, 0.3) is 0 Å². The van der Waals surface area contributed by atoms with Crippen LogP contribution in [0.3, 0.4) is 0 Å². The van der Waals surface area contributed by atoms with Gasteiger partial charge < -0.3 is 4.90 Å². The summed E-state index contributed by atoms with van der Waals surface area (Å²) >= 11 is 0. The lowest BCUT2D eigenvalue weighted by Gasteiger charge is -2.34. The lowest BCUT2D eigenvalue weighted by Crippen LogP contribution is -2.28. The molecule has 0 unspecified atom stereocenters. The molecule has 11 aromatic rings. The smallest absolute Gasteiger partial charge is 0.0713 e. The molecular weight excluding hydrogens is 843 g/mol. The Balaban J connectivity index is 1.07. The van der Waals surface area contributed by atoms with E-state index in [2.05, 4.69) is 293 Å². The van der Waals surface area contributed by atoms with Crippen LogP contribution in [0, 0.1) is 0 Å². The van der Waals surface area contributed by atoms with Gasteiger partial charge >= 0.3 is 0 Å². The number of nitrogens with zero attached hydrogens (tertiary/aromatic N) is 1. The summed E-state index contributed by atoms with van der Waals surface area (Å²) in [6.07, 6.45) is 0. The highest BCUT2D eigenvalue weighted by Crippen LogP contribution is 2.57. The number of para-hydroxylation sites is 1. The second-order valence-electron chi connectivity index (χ2n) is 19.6. The maximum Gasteiger partial charge on any atom is 0.0713 e. The minimum Gasteiger partial charge on any atom is -0.309 e. The highest BCUT2D eigenvalue weighted by molar-refractivity contribution is 6.09. The van der Waals surface area contributed by atoms with Gasteiger partial charge in [0.15, 0.2) is 0 Å². The van der Waals surface area contributed by atoms with Crippen molar-refractivity contribution in [1.82, 2.24) is 0 Å². The monoisotopic (exact) mass is 895 g/mol. The van der Waals surface area contributed by atoms with E-state index in [-0.39, 0.29) is 5.41 Å². The predicted octanol–water partition coefficient (Wildman–Crippen LogP) is 18.6. The van der Waals surface area contributed by atoms with E-state index in [1.165, 1.54) is 88.7 Å². The molecule has 0 N–H and O–H groups in total. The molecule has 0 heterocycles. The maximum atomic E-state index is 2.51. The lowest BCUT2D eigenvalue weighted by atomic mass is 9.67. The molecule has 0 aromatic heterocycles. The van der Waals surface area contributed by atoms with Crippen molar-refractivity contribution in [1.29, 1.82) is 0 Å². The SMILES string of the molecule is CC(C)(C)c1ccc(-c2ccccc2)c(N(c2ccc(-c3ccc4c(c3)C(c3ccccc3)(c3ccccc3)c3ccccc3-4)cc2)c2ccccc2-c2cccc3cccc(-c4ccccc4)c23)c1. The minimum absolute atomic E-state index is 0.0822. The Morgan fingerprint density at radius 3 is 1.46 bits per heavy atom. The van der Waals surface area contributed by atoms with Crippen LogP contribution in [0.5, 0.6) is 0 Å². The van der Waals surface area contributed by atoms with Gasteiger partial charge in [-0.2, -0.15) is 0 Å². The lowest BCUT2D eigenvalue weighted by molar-refractivity contribution is 0.590. The number of hydrogen-bond donors (Lipinski definition) is 0. The van der Waals surface area contributed by atoms with Gasteiger partial charge in [-0.3, -0.25) is 0 Å². The van der Waals surface area contributed by atoms with Crippen LogP contribution in [-0.2, 0) is 10.8 Å². The van der Waals surface area contributed by atoms with E-state index >= 15 is 0 Å². The Morgan fingerprint density at radius 2 is 0.814 bits per heavy atom. The van der Waals surface area contributed by atoms with E-state index in [1.54, 1.807) is 0 Å². The fourth-order valence-electron chi connectivity index (χ4n) is 11.2. The van der Waals surface area contributed by atoms with E-state index in [0.717, 1.165) is 22.6 Å². The van der Waals surface area contributed by atoms with Crippen molar-refractivity contribution in [2.75, 3.05) is 4.90 Å². The van der Waals surface area contributed by atoms with Crippen LogP contribution in [0.4, 0.5) is 17.1 Å². The molecule has 0 saturated carbocycles. The van der Waals surface area contributed by atoms with E-state index < -0.39 is 5.41 Å². The number of rotatable bonds is 9. The topological polar surface area (TPSA) is 3.24 Å². The Kier molecular flexibility index (Phi) is 10.7. The molecule has 0 radical (unpaired) electrons. The van der Waals surface area contributed by atoms with Gasteiger partial charge in [0.2, 0.25) is 0 Å². The molecule has 1 heteroatoms. The summed E-state index contributed by atoms with van der Waals surface area (Å²) < 4.78 is 0. The van der Waals surface area contributed by atoms with Crippen molar-refractivity contribution < 1.29 is 0 Å². The zero-order chi connectivity index (χ0) is 47.2. The number of benzene rings is 11. The molecule has 334 valence electrons. The number of hydrogen-bond acceptors (Lipinski definition) is 1. The third-order valence-electron chi connectivity index (χ3n) is 14.5. The summed E-state index contributed by atoms with van der Waals surface area (Å²) in [5, 5.41) is 2.46. The molecule has 0 aliphatic heterocycles. The normalized spacial score (nSPS) is 12.6. The first-order chi connectivity index (χ1) is 34.4. The summed E-state index contributed by atoms with van der Waals surface area (Å²) in [6, 6.07) is 98.7. The molecule has 1 aliphatic carbocycles. The third kappa shape index (κ3) is 7.25. The Morgan fingerprint density at radius 1 is 0.314 bits per heavy atom. The van der Waals surface area contributed by atoms with Crippen LogP contribution in [0.25, 0.3) is 66.4 Å². The van der Waals surface area contributed by atoms with Crippen molar-refractivity contribution in [3.05, 3.63) is 295 Å². The average Bonchev–Trinajstić information content (AvgIpc) is 3.72. The van der Waals surface area contributed by atoms with E-state index in [1.807, 2.05) is 0 Å². The van der Waals surface area contributed by atoms with Crippen LogP contribution in [0.15, 0.2) is 267 Å². The van der Waals surface area contributed by atoms with Gasteiger partial charge in [-0.15, -0.1) is 0 Å². The predicted molar refractivity (Wildman–Crippen MR) is 296 cm³/mol. The van der Waals surface area contributed by atoms with Crippen LogP contribution in [0.2, 0.25) is 0 Å². The van der Waals surface area contributed by atoms with Crippen LogP contribution in [-0.4, -0.2) is 0 Å². The second-order valence-corrected chi connectivity index (χ2v) is 19.6. The summed E-state index contributed by atoms with van der Waals surface area (Å²) in [7, 11) is 0. The average molecular weight is 896 g/mol. The van der Waals surface area contributed by atoms with E-state index in [4.69, 9.17) is 0 Å².